The summed E-state index contributed by atoms with van der Waals surface area (Å²) in [6.07, 6.45) is 6.03. The van der Waals surface area contributed by atoms with Crippen molar-refractivity contribution >= 4 is 17.2 Å². The maximum absolute atomic E-state index is 12.4. The molecule has 2 aliphatic rings. The third-order valence-electron chi connectivity index (χ3n) is 4.40. The minimum Gasteiger partial charge on any atom is -0.338 e. The van der Waals surface area contributed by atoms with Crippen molar-refractivity contribution in [1.29, 1.82) is 0 Å². The van der Waals surface area contributed by atoms with Gasteiger partial charge in [0.2, 0.25) is 0 Å². The molecule has 0 bridgehead atoms. The zero-order valence-corrected chi connectivity index (χ0v) is 13.0. The minimum atomic E-state index is 0.232. The number of hydrogen-bond donors (Lipinski definition) is 1. The molecule has 4 heteroatoms. The lowest BCUT2D eigenvalue weighted by molar-refractivity contribution is 0.0710. The molecule has 1 aliphatic carbocycles. The first-order chi connectivity index (χ1) is 9.76. The van der Waals surface area contributed by atoms with Crippen molar-refractivity contribution < 1.29 is 4.79 Å². The van der Waals surface area contributed by atoms with Gasteiger partial charge in [0.1, 0.15) is 0 Å². The number of rotatable bonds is 5. The molecule has 3 nitrogen and oxygen atoms in total. The van der Waals surface area contributed by atoms with E-state index < -0.39 is 0 Å². The Balaban J connectivity index is 1.47. The van der Waals surface area contributed by atoms with Crippen LogP contribution in [-0.4, -0.2) is 36.5 Å². The molecule has 1 aromatic heterocycles. The van der Waals surface area contributed by atoms with Gasteiger partial charge in [0.15, 0.2) is 0 Å². The van der Waals surface area contributed by atoms with E-state index in [0.717, 1.165) is 43.1 Å². The summed E-state index contributed by atoms with van der Waals surface area (Å²) in [6.45, 7) is 5.13. The fraction of sp³-hybridized carbons (Fsp3) is 0.688. The molecule has 1 amide bonds. The molecule has 20 heavy (non-hydrogen) atoms. The van der Waals surface area contributed by atoms with Crippen LogP contribution < -0.4 is 5.32 Å². The predicted molar refractivity (Wildman–Crippen MR) is 83.3 cm³/mol. The fourth-order valence-corrected chi connectivity index (χ4v) is 3.70. The SMILES string of the molecule is CCc1ccc(C(=O)N2CCC(NCC3CC3)CC2)s1. The Hall–Kier alpha value is -0.870. The number of nitrogens with zero attached hydrogens (tertiary/aromatic N) is 1. The zero-order valence-electron chi connectivity index (χ0n) is 12.2. The molecule has 3 rings (SSSR count). The second-order valence-electron chi connectivity index (χ2n) is 6.04. The molecule has 0 spiro atoms. The monoisotopic (exact) mass is 292 g/mol. The Kier molecular flexibility index (Phi) is 4.41. The first-order valence-electron chi connectivity index (χ1n) is 7.87. The van der Waals surface area contributed by atoms with Crippen LogP contribution in [0.5, 0.6) is 0 Å². The maximum atomic E-state index is 12.4. The van der Waals surface area contributed by atoms with E-state index in [2.05, 4.69) is 18.3 Å². The molecule has 2 fully saturated rings. The third-order valence-corrected chi connectivity index (χ3v) is 5.61. The van der Waals surface area contributed by atoms with Crippen LogP contribution in [0.25, 0.3) is 0 Å². The van der Waals surface area contributed by atoms with E-state index in [1.807, 2.05) is 11.0 Å². The molecule has 0 atom stereocenters. The van der Waals surface area contributed by atoms with Gasteiger partial charge in [-0.1, -0.05) is 6.92 Å². The Bertz CT molecular complexity index is 459. The van der Waals surface area contributed by atoms with Crippen LogP contribution >= 0.6 is 11.3 Å². The second kappa shape index (κ2) is 6.27. The van der Waals surface area contributed by atoms with Gasteiger partial charge in [0.05, 0.1) is 4.88 Å². The first-order valence-corrected chi connectivity index (χ1v) is 8.69. The molecule has 110 valence electrons. The number of aryl methyl sites for hydroxylation is 1. The highest BCUT2D eigenvalue weighted by atomic mass is 32.1. The van der Waals surface area contributed by atoms with E-state index in [1.54, 1.807) is 11.3 Å². The second-order valence-corrected chi connectivity index (χ2v) is 7.21. The van der Waals surface area contributed by atoms with Gasteiger partial charge in [-0.05, 0) is 56.7 Å². The molecule has 0 radical (unpaired) electrons. The van der Waals surface area contributed by atoms with Gasteiger partial charge in [-0.3, -0.25) is 4.79 Å². The normalized spacial score (nSPS) is 20.4. The number of carbonyl (C=O) groups is 1. The molecular formula is C16H24N2OS. The van der Waals surface area contributed by atoms with E-state index >= 15 is 0 Å². The number of nitrogens with one attached hydrogen (secondary N) is 1. The van der Waals surface area contributed by atoms with Crippen LogP contribution in [-0.2, 0) is 6.42 Å². The van der Waals surface area contributed by atoms with Crippen molar-refractivity contribution in [1.82, 2.24) is 10.2 Å². The number of likely N-dealkylation sites (tertiary alicyclic amines) is 1. The highest BCUT2D eigenvalue weighted by Crippen LogP contribution is 2.28. The summed E-state index contributed by atoms with van der Waals surface area (Å²) in [7, 11) is 0. The van der Waals surface area contributed by atoms with Gasteiger partial charge in [-0.25, -0.2) is 0 Å². The molecule has 1 N–H and O–H groups in total. The van der Waals surface area contributed by atoms with E-state index in [9.17, 15) is 4.79 Å². The lowest BCUT2D eigenvalue weighted by Crippen LogP contribution is -2.45. The Morgan fingerprint density at radius 2 is 2.05 bits per heavy atom. The van der Waals surface area contributed by atoms with Crippen molar-refractivity contribution in [2.24, 2.45) is 5.92 Å². The van der Waals surface area contributed by atoms with Crippen molar-refractivity contribution in [2.75, 3.05) is 19.6 Å². The number of carbonyl (C=O) groups excluding carboxylic acids is 1. The predicted octanol–water partition coefficient (Wildman–Crippen LogP) is 2.91. The number of hydrogen-bond acceptors (Lipinski definition) is 3. The molecule has 1 saturated carbocycles. The number of amides is 1. The summed E-state index contributed by atoms with van der Waals surface area (Å²) in [5.74, 6) is 1.17. The van der Waals surface area contributed by atoms with Crippen LogP contribution in [0.2, 0.25) is 0 Å². The van der Waals surface area contributed by atoms with Gasteiger partial charge in [-0.2, -0.15) is 0 Å². The van der Waals surface area contributed by atoms with Crippen LogP contribution in [0.3, 0.4) is 0 Å². The average molecular weight is 292 g/mol. The fourth-order valence-electron chi connectivity index (χ4n) is 2.78. The number of piperidine rings is 1. The highest BCUT2D eigenvalue weighted by Gasteiger charge is 2.26. The molecule has 0 aromatic carbocycles. The van der Waals surface area contributed by atoms with Gasteiger partial charge < -0.3 is 10.2 Å². The zero-order chi connectivity index (χ0) is 13.9. The van der Waals surface area contributed by atoms with Gasteiger partial charge in [0, 0.05) is 24.0 Å². The lowest BCUT2D eigenvalue weighted by Gasteiger charge is -2.32. The van der Waals surface area contributed by atoms with Gasteiger partial charge in [0.25, 0.3) is 5.91 Å². The Morgan fingerprint density at radius 1 is 1.30 bits per heavy atom. The largest absolute Gasteiger partial charge is 0.338 e. The highest BCUT2D eigenvalue weighted by molar-refractivity contribution is 7.14. The summed E-state index contributed by atoms with van der Waals surface area (Å²) in [5, 5.41) is 3.66. The lowest BCUT2D eigenvalue weighted by atomic mass is 10.0. The smallest absolute Gasteiger partial charge is 0.263 e. The first kappa shape index (κ1) is 14.1. The molecule has 0 unspecified atom stereocenters. The molecule has 1 saturated heterocycles. The average Bonchev–Trinajstić information content (AvgIpc) is 3.20. The summed E-state index contributed by atoms with van der Waals surface area (Å²) >= 11 is 1.65. The summed E-state index contributed by atoms with van der Waals surface area (Å²) in [5.41, 5.74) is 0. The topological polar surface area (TPSA) is 32.3 Å². The van der Waals surface area contributed by atoms with E-state index in [4.69, 9.17) is 0 Å². The van der Waals surface area contributed by atoms with Crippen LogP contribution in [0, 0.1) is 5.92 Å². The van der Waals surface area contributed by atoms with E-state index in [-0.39, 0.29) is 5.91 Å². The van der Waals surface area contributed by atoms with Crippen molar-refractivity contribution in [3.05, 3.63) is 21.9 Å². The number of thiophene rings is 1. The third kappa shape index (κ3) is 3.41. The van der Waals surface area contributed by atoms with Crippen molar-refractivity contribution in [2.45, 2.75) is 45.1 Å². The Labute approximate surface area is 125 Å². The quantitative estimate of drug-likeness (QED) is 0.905. The van der Waals surface area contributed by atoms with Crippen LogP contribution in [0.4, 0.5) is 0 Å². The molecular weight excluding hydrogens is 268 g/mol. The summed E-state index contributed by atoms with van der Waals surface area (Å²) in [6, 6.07) is 4.69. The van der Waals surface area contributed by atoms with Crippen LogP contribution in [0.1, 0.15) is 47.2 Å². The summed E-state index contributed by atoms with van der Waals surface area (Å²) < 4.78 is 0. The van der Waals surface area contributed by atoms with E-state index in [0.29, 0.717) is 6.04 Å². The van der Waals surface area contributed by atoms with Crippen LogP contribution in [0.15, 0.2) is 12.1 Å². The van der Waals surface area contributed by atoms with Crippen molar-refractivity contribution in [3.63, 3.8) is 0 Å². The summed E-state index contributed by atoms with van der Waals surface area (Å²) in [4.78, 5) is 16.7. The molecule has 1 aliphatic heterocycles. The van der Waals surface area contributed by atoms with E-state index in [1.165, 1.54) is 24.3 Å². The molecule has 2 heterocycles. The minimum absolute atomic E-state index is 0.232. The molecule has 1 aromatic rings. The Morgan fingerprint density at radius 3 is 2.65 bits per heavy atom. The van der Waals surface area contributed by atoms with Gasteiger partial charge >= 0.3 is 0 Å². The standard InChI is InChI=1S/C16H24N2OS/c1-2-14-5-6-15(20-14)16(19)18-9-7-13(8-10-18)17-11-12-3-4-12/h5-6,12-13,17H,2-4,7-11H2,1H3. The van der Waals surface area contributed by atoms with Crippen molar-refractivity contribution in [3.8, 4) is 0 Å². The van der Waals surface area contributed by atoms with Gasteiger partial charge in [-0.15, -0.1) is 11.3 Å². The maximum Gasteiger partial charge on any atom is 0.263 e.